The smallest absolute Gasteiger partial charge is 0.412 e. The third-order valence-corrected chi connectivity index (χ3v) is 4.46. The lowest BCUT2D eigenvalue weighted by atomic mass is 10.1. The van der Waals surface area contributed by atoms with Gasteiger partial charge in [0.1, 0.15) is 11.4 Å². The predicted molar refractivity (Wildman–Crippen MR) is 115 cm³/mol. The second-order valence-electron chi connectivity index (χ2n) is 7.97. The van der Waals surface area contributed by atoms with Crippen LogP contribution in [0, 0.1) is 0 Å². The van der Waals surface area contributed by atoms with Gasteiger partial charge in [-0.05, 0) is 51.1 Å². The van der Waals surface area contributed by atoms with Gasteiger partial charge in [0.05, 0.1) is 12.2 Å². The minimum absolute atomic E-state index is 0.327. The molecule has 0 saturated heterocycles. The summed E-state index contributed by atoms with van der Waals surface area (Å²) in [5, 5.41) is 5.52. The molecule has 8 heteroatoms. The van der Waals surface area contributed by atoms with Crippen LogP contribution in [0.4, 0.5) is 16.2 Å². The third kappa shape index (κ3) is 4.17. The second-order valence-corrected chi connectivity index (χ2v) is 7.97. The molecule has 2 N–H and O–H groups in total. The maximum absolute atomic E-state index is 12.9. The molecule has 0 saturated carbocycles. The number of nitrogens with one attached hydrogen (secondary N) is 2. The number of nitrogens with zero attached hydrogens (tertiary/aromatic N) is 3. The first kappa shape index (κ1) is 19.6. The Labute approximate surface area is 174 Å². The third-order valence-electron chi connectivity index (χ3n) is 4.46. The number of amidine groups is 1. The number of hydrogen-bond acceptors (Lipinski definition) is 6. The van der Waals surface area contributed by atoms with Crippen molar-refractivity contribution in [2.75, 3.05) is 18.4 Å². The molecular weight excluding hydrogens is 382 g/mol. The highest BCUT2D eigenvalue weighted by molar-refractivity contribution is 6.19. The number of aliphatic imine (C=N–C) groups is 2. The van der Waals surface area contributed by atoms with Crippen molar-refractivity contribution in [2.24, 2.45) is 9.98 Å². The van der Waals surface area contributed by atoms with E-state index in [1.165, 1.54) is 0 Å². The minimum atomic E-state index is -0.608. The largest absolute Gasteiger partial charge is 0.444 e. The van der Waals surface area contributed by atoms with Gasteiger partial charge in [0.2, 0.25) is 5.96 Å². The van der Waals surface area contributed by atoms with E-state index in [0.29, 0.717) is 30.3 Å². The summed E-state index contributed by atoms with van der Waals surface area (Å²) in [5.74, 6) is 0.934. The van der Waals surface area contributed by atoms with Crippen LogP contribution in [-0.2, 0) is 4.74 Å². The predicted octanol–water partition coefficient (Wildman–Crippen LogP) is 3.53. The number of fused-ring (bicyclic) bond motifs is 3. The lowest BCUT2D eigenvalue weighted by Crippen LogP contribution is -2.47. The maximum Gasteiger partial charge on any atom is 0.412 e. The van der Waals surface area contributed by atoms with Crippen LogP contribution in [0.3, 0.4) is 0 Å². The number of ether oxygens (including phenoxy) is 1. The number of carbonyl (C=O) groups excluding carboxylic acids is 2. The summed E-state index contributed by atoms with van der Waals surface area (Å²) in [5.41, 5.74) is 1.98. The summed E-state index contributed by atoms with van der Waals surface area (Å²) in [6, 6.07) is 14.4. The molecule has 2 amide bonds. The topological polar surface area (TPSA) is 95.4 Å². The van der Waals surface area contributed by atoms with E-state index in [-0.39, 0.29) is 5.91 Å². The first-order valence-corrected chi connectivity index (χ1v) is 9.72. The molecule has 2 aliphatic rings. The van der Waals surface area contributed by atoms with Crippen molar-refractivity contribution in [2.45, 2.75) is 26.4 Å². The van der Waals surface area contributed by atoms with E-state index < -0.39 is 11.7 Å². The number of anilines is 1. The van der Waals surface area contributed by atoms with Gasteiger partial charge in [0.15, 0.2) is 0 Å². The average Bonchev–Trinajstić information content (AvgIpc) is 3.17. The Morgan fingerprint density at radius 1 is 1.07 bits per heavy atom. The molecule has 2 aromatic rings. The van der Waals surface area contributed by atoms with Gasteiger partial charge in [0.25, 0.3) is 5.91 Å². The van der Waals surface area contributed by atoms with Gasteiger partial charge in [-0.1, -0.05) is 18.2 Å². The summed E-state index contributed by atoms with van der Waals surface area (Å²) in [6.45, 7) is 6.66. The first-order valence-electron chi connectivity index (χ1n) is 9.72. The van der Waals surface area contributed by atoms with Crippen molar-refractivity contribution in [3.63, 3.8) is 0 Å². The molecule has 0 fully saturated rings. The number of rotatable bonds is 2. The minimum Gasteiger partial charge on any atom is -0.444 e. The van der Waals surface area contributed by atoms with Crippen LogP contribution in [0.5, 0.6) is 0 Å². The van der Waals surface area contributed by atoms with Crippen LogP contribution >= 0.6 is 0 Å². The molecule has 30 heavy (non-hydrogen) atoms. The summed E-state index contributed by atoms with van der Waals surface area (Å²) < 4.78 is 5.25. The van der Waals surface area contributed by atoms with Gasteiger partial charge in [0, 0.05) is 23.4 Å². The molecule has 2 heterocycles. The number of benzene rings is 2. The Hall–Kier alpha value is -3.68. The molecule has 4 rings (SSSR count). The average molecular weight is 405 g/mol. The lowest BCUT2D eigenvalue weighted by Gasteiger charge is -2.27. The molecule has 8 nitrogen and oxygen atoms in total. The van der Waals surface area contributed by atoms with Crippen molar-refractivity contribution in [3.8, 4) is 0 Å². The number of hydrogen-bond donors (Lipinski definition) is 2. The van der Waals surface area contributed by atoms with E-state index in [9.17, 15) is 9.59 Å². The van der Waals surface area contributed by atoms with Crippen molar-refractivity contribution >= 4 is 35.2 Å². The molecule has 154 valence electrons. The normalized spacial score (nSPS) is 14.8. The van der Waals surface area contributed by atoms with E-state index in [4.69, 9.17) is 4.74 Å². The van der Waals surface area contributed by atoms with Crippen molar-refractivity contribution < 1.29 is 14.3 Å². The van der Waals surface area contributed by atoms with Crippen LogP contribution in [0.15, 0.2) is 58.5 Å². The number of carbonyl (C=O) groups is 2. The molecule has 2 aliphatic heterocycles. The Morgan fingerprint density at radius 2 is 1.87 bits per heavy atom. The molecule has 0 atom stereocenters. The first-order chi connectivity index (χ1) is 14.3. The zero-order valence-electron chi connectivity index (χ0n) is 17.1. The van der Waals surface area contributed by atoms with Crippen molar-refractivity contribution in [1.82, 2.24) is 10.2 Å². The van der Waals surface area contributed by atoms with Crippen LogP contribution < -0.4 is 10.6 Å². The molecule has 0 aromatic heterocycles. The van der Waals surface area contributed by atoms with Crippen LogP contribution in [-0.4, -0.2) is 47.4 Å². The number of para-hydroxylation sites is 1. The monoisotopic (exact) mass is 405 g/mol. The lowest BCUT2D eigenvalue weighted by molar-refractivity contribution is 0.0635. The second kappa shape index (κ2) is 7.62. The fraction of sp³-hybridized carbons (Fsp3) is 0.273. The van der Waals surface area contributed by atoms with E-state index >= 15 is 0 Å². The van der Waals surface area contributed by atoms with Crippen molar-refractivity contribution in [1.29, 1.82) is 0 Å². The summed E-state index contributed by atoms with van der Waals surface area (Å²) >= 11 is 0. The van der Waals surface area contributed by atoms with E-state index in [2.05, 4.69) is 20.6 Å². The Morgan fingerprint density at radius 3 is 2.67 bits per heavy atom. The van der Waals surface area contributed by atoms with E-state index in [1.54, 1.807) is 45.0 Å². The molecule has 0 spiro atoms. The highest BCUT2D eigenvalue weighted by atomic mass is 16.6. The van der Waals surface area contributed by atoms with Crippen LogP contribution in [0.1, 0.15) is 36.7 Å². The highest BCUT2D eigenvalue weighted by Crippen LogP contribution is 2.27. The molecule has 2 aromatic carbocycles. The van der Waals surface area contributed by atoms with E-state index in [0.717, 1.165) is 17.1 Å². The van der Waals surface area contributed by atoms with Gasteiger partial charge in [-0.2, -0.15) is 0 Å². The van der Waals surface area contributed by atoms with Gasteiger partial charge in [-0.25, -0.2) is 9.79 Å². The molecule has 0 aliphatic carbocycles. The van der Waals surface area contributed by atoms with Crippen LogP contribution in [0.25, 0.3) is 0 Å². The molecule has 0 unspecified atom stereocenters. The Balaban J connectivity index is 1.52. The van der Waals surface area contributed by atoms with Gasteiger partial charge < -0.3 is 4.74 Å². The standard InChI is InChI=1S/C22H23N5O3/c1-22(2,3)30-21(29)24-15-8-6-7-14(13-15)19(28)26-20-25-17-10-5-4-9-16(17)18-23-11-12-27(18)20/h4-10,13H,11-12H2,1-3H3,(H,24,29)(H,25,26,28). The SMILES string of the molecule is CC(C)(C)OC(=O)Nc1cccc(C(=O)NC2=Nc3ccccc3C3=NCCN23)c1. The fourth-order valence-electron chi connectivity index (χ4n) is 3.25. The Kier molecular flexibility index (Phi) is 4.99. The highest BCUT2D eigenvalue weighted by Gasteiger charge is 2.30. The Bertz CT molecular complexity index is 1070. The van der Waals surface area contributed by atoms with Gasteiger partial charge >= 0.3 is 6.09 Å². The van der Waals surface area contributed by atoms with Gasteiger partial charge in [-0.3, -0.25) is 25.3 Å². The zero-order valence-corrected chi connectivity index (χ0v) is 17.1. The quantitative estimate of drug-likeness (QED) is 0.799. The number of amides is 2. The summed E-state index contributed by atoms with van der Waals surface area (Å²) in [7, 11) is 0. The fourth-order valence-corrected chi connectivity index (χ4v) is 3.25. The number of guanidine groups is 1. The summed E-state index contributed by atoms with van der Waals surface area (Å²) in [4.78, 5) is 35.9. The molecular formula is C22H23N5O3. The van der Waals surface area contributed by atoms with Crippen molar-refractivity contribution in [3.05, 3.63) is 59.7 Å². The van der Waals surface area contributed by atoms with Crippen LogP contribution in [0.2, 0.25) is 0 Å². The van der Waals surface area contributed by atoms with E-state index in [1.807, 2.05) is 29.2 Å². The molecule has 0 bridgehead atoms. The maximum atomic E-state index is 12.9. The van der Waals surface area contributed by atoms with Gasteiger partial charge in [-0.15, -0.1) is 0 Å². The summed E-state index contributed by atoms with van der Waals surface area (Å²) in [6.07, 6.45) is -0.578. The zero-order chi connectivity index (χ0) is 21.3. The molecule has 0 radical (unpaired) electrons.